The molecule has 1 aromatic carbocycles. The first kappa shape index (κ1) is 12.4. The van der Waals surface area contributed by atoms with Gasteiger partial charge in [0.2, 0.25) is 0 Å². The van der Waals surface area contributed by atoms with Crippen LogP contribution in [0, 0.1) is 6.92 Å². The van der Waals surface area contributed by atoms with Crippen LogP contribution >= 0.6 is 0 Å². The van der Waals surface area contributed by atoms with Crippen molar-refractivity contribution in [3.8, 4) is 5.75 Å². The maximum absolute atomic E-state index is 10.3. The first-order valence-electron chi connectivity index (χ1n) is 6.16. The van der Waals surface area contributed by atoms with Gasteiger partial charge in [-0.3, -0.25) is 0 Å². The molecule has 2 atom stereocenters. The van der Waals surface area contributed by atoms with Gasteiger partial charge in [0.05, 0.1) is 13.2 Å². The predicted molar refractivity (Wildman–Crippen MR) is 66.3 cm³/mol. The zero-order valence-electron chi connectivity index (χ0n) is 10.5. The van der Waals surface area contributed by atoms with E-state index in [0.717, 1.165) is 42.7 Å². The van der Waals surface area contributed by atoms with Gasteiger partial charge in [-0.1, -0.05) is 6.07 Å². The van der Waals surface area contributed by atoms with Crippen molar-refractivity contribution in [3.63, 3.8) is 0 Å². The molecule has 17 heavy (non-hydrogen) atoms. The maximum Gasteiger partial charge on any atom is 0.121 e. The molecule has 0 radical (unpaired) electrons. The lowest BCUT2D eigenvalue weighted by Gasteiger charge is -2.27. The molecular formula is C14H20O3. The Bertz CT molecular complexity index is 370. The number of benzene rings is 1. The minimum Gasteiger partial charge on any atom is -0.496 e. The number of aryl methyl sites for hydroxylation is 1. The predicted octanol–water partition coefficient (Wildman–Crippen LogP) is 2.61. The van der Waals surface area contributed by atoms with E-state index in [-0.39, 0.29) is 6.10 Å². The highest BCUT2D eigenvalue weighted by Gasteiger charge is 2.24. The highest BCUT2D eigenvalue weighted by atomic mass is 16.5. The van der Waals surface area contributed by atoms with Gasteiger partial charge in [0, 0.05) is 6.61 Å². The third-order valence-electron chi connectivity index (χ3n) is 3.33. The van der Waals surface area contributed by atoms with E-state index in [9.17, 15) is 5.11 Å². The van der Waals surface area contributed by atoms with Gasteiger partial charge < -0.3 is 14.6 Å². The van der Waals surface area contributed by atoms with E-state index in [0.29, 0.717) is 0 Å². The van der Waals surface area contributed by atoms with E-state index in [2.05, 4.69) is 0 Å². The number of aliphatic hydroxyl groups excluding tert-OH is 1. The Morgan fingerprint density at radius 1 is 1.41 bits per heavy atom. The SMILES string of the molecule is COc1ccc(C(O)C2CCCCO2)cc1C. The van der Waals surface area contributed by atoms with E-state index in [4.69, 9.17) is 9.47 Å². The van der Waals surface area contributed by atoms with Gasteiger partial charge in [-0.25, -0.2) is 0 Å². The second-order valence-electron chi connectivity index (χ2n) is 4.58. The molecule has 3 heteroatoms. The summed E-state index contributed by atoms with van der Waals surface area (Å²) < 4.78 is 10.8. The van der Waals surface area contributed by atoms with Crippen LogP contribution in [0.2, 0.25) is 0 Å². The zero-order valence-corrected chi connectivity index (χ0v) is 10.5. The molecule has 0 amide bonds. The average molecular weight is 236 g/mol. The van der Waals surface area contributed by atoms with Crippen molar-refractivity contribution in [2.45, 2.75) is 38.4 Å². The highest BCUT2D eigenvalue weighted by Crippen LogP contribution is 2.29. The molecular weight excluding hydrogens is 216 g/mol. The van der Waals surface area contributed by atoms with Gasteiger partial charge in [0.15, 0.2) is 0 Å². The molecule has 1 N–H and O–H groups in total. The Morgan fingerprint density at radius 3 is 2.82 bits per heavy atom. The summed E-state index contributed by atoms with van der Waals surface area (Å²) in [5, 5.41) is 10.3. The van der Waals surface area contributed by atoms with Crippen LogP contribution in [-0.2, 0) is 4.74 Å². The van der Waals surface area contributed by atoms with Crippen LogP contribution in [0.1, 0.15) is 36.5 Å². The van der Waals surface area contributed by atoms with Crippen molar-refractivity contribution in [3.05, 3.63) is 29.3 Å². The van der Waals surface area contributed by atoms with Gasteiger partial charge in [-0.05, 0) is 49.4 Å². The third kappa shape index (κ3) is 2.79. The Labute approximate surface area is 102 Å². The summed E-state index contributed by atoms with van der Waals surface area (Å²) in [6.07, 6.45) is 2.59. The van der Waals surface area contributed by atoms with Gasteiger partial charge in [-0.2, -0.15) is 0 Å². The molecule has 2 rings (SSSR count). The van der Waals surface area contributed by atoms with Gasteiger partial charge in [0.1, 0.15) is 11.9 Å². The standard InChI is InChI=1S/C14H20O3/c1-10-9-11(6-7-12(10)16-2)14(15)13-5-3-4-8-17-13/h6-7,9,13-15H,3-5,8H2,1-2H3. The normalized spacial score (nSPS) is 22.2. The molecule has 94 valence electrons. The number of aliphatic hydroxyl groups is 1. The number of ether oxygens (including phenoxy) is 2. The summed E-state index contributed by atoms with van der Waals surface area (Å²) in [6.45, 7) is 2.74. The molecule has 0 bridgehead atoms. The van der Waals surface area contributed by atoms with Crippen molar-refractivity contribution < 1.29 is 14.6 Å². The Hall–Kier alpha value is -1.06. The number of hydrogen-bond acceptors (Lipinski definition) is 3. The quantitative estimate of drug-likeness (QED) is 0.876. The maximum atomic E-state index is 10.3. The molecule has 2 unspecified atom stereocenters. The minimum atomic E-state index is -0.528. The zero-order chi connectivity index (χ0) is 12.3. The van der Waals surface area contributed by atoms with Crippen LogP contribution in [0.4, 0.5) is 0 Å². The summed E-state index contributed by atoms with van der Waals surface area (Å²) in [6, 6.07) is 5.78. The van der Waals surface area contributed by atoms with Crippen LogP contribution in [0.15, 0.2) is 18.2 Å². The largest absolute Gasteiger partial charge is 0.496 e. The fraction of sp³-hybridized carbons (Fsp3) is 0.571. The lowest BCUT2D eigenvalue weighted by Crippen LogP contribution is -2.26. The molecule has 3 nitrogen and oxygen atoms in total. The number of methoxy groups -OCH3 is 1. The van der Waals surface area contributed by atoms with Crippen LogP contribution in [0.3, 0.4) is 0 Å². The van der Waals surface area contributed by atoms with E-state index in [1.165, 1.54) is 0 Å². The molecule has 1 aliphatic heterocycles. The summed E-state index contributed by atoms with van der Waals surface area (Å²) >= 11 is 0. The number of rotatable bonds is 3. The molecule has 0 saturated carbocycles. The second-order valence-corrected chi connectivity index (χ2v) is 4.58. The average Bonchev–Trinajstić information content (AvgIpc) is 2.39. The van der Waals surface area contributed by atoms with Crippen molar-refractivity contribution in [1.82, 2.24) is 0 Å². The van der Waals surface area contributed by atoms with E-state index < -0.39 is 6.10 Å². The fourth-order valence-electron chi connectivity index (χ4n) is 2.31. The van der Waals surface area contributed by atoms with Gasteiger partial charge in [0.25, 0.3) is 0 Å². The van der Waals surface area contributed by atoms with E-state index in [1.807, 2.05) is 25.1 Å². The van der Waals surface area contributed by atoms with Crippen LogP contribution < -0.4 is 4.74 Å². The molecule has 1 saturated heterocycles. The van der Waals surface area contributed by atoms with Gasteiger partial charge in [-0.15, -0.1) is 0 Å². The molecule has 0 spiro atoms. The first-order chi connectivity index (χ1) is 8.22. The Balaban J connectivity index is 2.12. The van der Waals surface area contributed by atoms with Crippen LogP contribution in [0.5, 0.6) is 5.75 Å². The minimum absolute atomic E-state index is 0.0588. The third-order valence-corrected chi connectivity index (χ3v) is 3.33. The second kappa shape index (κ2) is 5.52. The molecule has 1 aromatic rings. The molecule has 0 aromatic heterocycles. The summed E-state index contributed by atoms with van der Waals surface area (Å²) in [4.78, 5) is 0. The lowest BCUT2D eigenvalue weighted by atomic mass is 9.97. The smallest absolute Gasteiger partial charge is 0.121 e. The first-order valence-corrected chi connectivity index (χ1v) is 6.16. The Morgan fingerprint density at radius 2 is 2.24 bits per heavy atom. The molecule has 1 fully saturated rings. The Kier molecular flexibility index (Phi) is 4.02. The fourth-order valence-corrected chi connectivity index (χ4v) is 2.31. The molecule has 1 aliphatic rings. The summed E-state index contributed by atoms with van der Waals surface area (Å²) in [7, 11) is 1.66. The molecule has 0 aliphatic carbocycles. The highest BCUT2D eigenvalue weighted by molar-refractivity contribution is 5.37. The molecule has 1 heterocycles. The van der Waals surface area contributed by atoms with Crippen molar-refractivity contribution in [2.75, 3.05) is 13.7 Å². The summed E-state index contributed by atoms with van der Waals surface area (Å²) in [5.41, 5.74) is 1.95. The monoisotopic (exact) mass is 236 g/mol. The number of hydrogen-bond donors (Lipinski definition) is 1. The lowest BCUT2D eigenvalue weighted by molar-refractivity contribution is -0.0633. The van der Waals surface area contributed by atoms with Gasteiger partial charge >= 0.3 is 0 Å². The van der Waals surface area contributed by atoms with E-state index in [1.54, 1.807) is 7.11 Å². The van der Waals surface area contributed by atoms with Crippen molar-refractivity contribution >= 4 is 0 Å². The van der Waals surface area contributed by atoms with Crippen molar-refractivity contribution in [2.24, 2.45) is 0 Å². The summed E-state index contributed by atoms with van der Waals surface area (Å²) in [5.74, 6) is 0.852. The van der Waals surface area contributed by atoms with E-state index >= 15 is 0 Å². The van der Waals surface area contributed by atoms with Crippen molar-refractivity contribution in [1.29, 1.82) is 0 Å². The van der Waals surface area contributed by atoms with Crippen LogP contribution in [0.25, 0.3) is 0 Å². The topological polar surface area (TPSA) is 38.7 Å². The van der Waals surface area contributed by atoms with Crippen LogP contribution in [-0.4, -0.2) is 24.9 Å².